The van der Waals surface area contributed by atoms with E-state index in [4.69, 9.17) is 18.6 Å². The molecule has 0 amide bonds. The molecule has 2 heterocycles. The zero-order valence-electron chi connectivity index (χ0n) is 20.8. The van der Waals surface area contributed by atoms with Gasteiger partial charge in [0.2, 0.25) is 6.29 Å². The molecule has 2 aliphatic rings. The molecule has 1 aliphatic carbocycles. The Balaban J connectivity index is 1.44. The number of carbonyl (C=O) groups excluding carboxylic acids is 1. The van der Waals surface area contributed by atoms with Gasteiger partial charge in [0.05, 0.1) is 5.60 Å². The first-order valence-electron chi connectivity index (χ1n) is 12.1. The summed E-state index contributed by atoms with van der Waals surface area (Å²) in [6.07, 6.45) is -4.37. The van der Waals surface area contributed by atoms with Gasteiger partial charge >= 0.3 is 5.97 Å². The van der Waals surface area contributed by atoms with Gasteiger partial charge < -0.3 is 44.2 Å². The number of rotatable bonds is 6. The van der Waals surface area contributed by atoms with Crippen molar-refractivity contribution < 1.29 is 49.0 Å². The van der Waals surface area contributed by atoms with Gasteiger partial charge in [0.25, 0.3) is 0 Å². The highest BCUT2D eigenvalue weighted by Gasteiger charge is 2.45. The number of aryl methyl sites for hydroxylation is 1. The van der Waals surface area contributed by atoms with E-state index >= 15 is 0 Å². The molecule has 0 spiro atoms. The maximum atomic E-state index is 12.5. The van der Waals surface area contributed by atoms with Gasteiger partial charge in [0.15, 0.2) is 5.43 Å². The molecule has 1 aromatic heterocycles. The van der Waals surface area contributed by atoms with Crippen molar-refractivity contribution in [1.82, 2.24) is 0 Å². The van der Waals surface area contributed by atoms with Crippen molar-refractivity contribution in [3.63, 3.8) is 0 Å². The predicted molar refractivity (Wildman–Crippen MR) is 129 cm³/mol. The second-order valence-electron chi connectivity index (χ2n) is 10.1. The van der Waals surface area contributed by atoms with Gasteiger partial charge in [-0.05, 0) is 46.0 Å². The van der Waals surface area contributed by atoms with E-state index in [0.717, 1.165) is 6.07 Å². The van der Waals surface area contributed by atoms with E-state index in [1.165, 1.54) is 12.1 Å². The van der Waals surface area contributed by atoms with Gasteiger partial charge in [-0.1, -0.05) is 6.08 Å². The van der Waals surface area contributed by atoms with E-state index < -0.39 is 60.1 Å². The number of fused-ring (bicyclic) bond motifs is 1. The van der Waals surface area contributed by atoms with Crippen molar-refractivity contribution >= 4 is 16.9 Å². The summed E-state index contributed by atoms with van der Waals surface area (Å²) >= 11 is 0. The minimum absolute atomic E-state index is 0.0218. The van der Waals surface area contributed by atoms with E-state index in [-0.39, 0.29) is 22.6 Å². The summed E-state index contributed by atoms with van der Waals surface area (Å²) in [7, 11) is 0. The second kappa shape index (κ2) is 10.4. The third-order valence-electron chi connectivity index (χ3n) is 6.88. The molecule has 37 heavy (non-hydrogen) atoms. The number of allylic oxidation sites excluding steroid dienone is 1. The molecule has 2 aromatic rings. The Morgan fingerprint density at radius 3 is 2.51 bits per heavy atom. The molecule has 1 aliphatic heterocycles. The summed E-state index contributed by atoms with van der Waals surface area (Å²) in [6, 6.07) is 3.69. The van der Waals surface area contributed by atoms with Gasteiger partial charge in [0.1, 0.15) is 59.3 Å². The minimum Gasteiger partial charge on any atom is -0.507 e. The van der Waals surface area contributed by atoms with E-state index in [2.05, 4.69) is 0 Å². The third kappa shape index (κ3) is 5.81. The lowest BCUT2D eigenvalue weighted by atomic mass is 9.79. The summed E-state index contributed by atoms with van der Waals surface area (Å²) in [5.74, 6) is -0.713. The molecule has 6 atom stereocenters. The van der Waals surface area contributed by atoms with Gasteiger partial charge in [-0.2, -0.15) is 0 Å². The molecule has 11 heteroatoms. The molecule has 6 unspecified atom stereocenters. The van der Waals surface area contributed by atoms with Crippen LogP contribution in [0.3, 0.4) is 0 Å². The predicted octanol–water partition coefficient (Wildman–Crippen LogP) is 1.03. The largest absolute Gasteiger partial charge is 0.507 e. The number of aliphatic hydroxyl groups is 4. The summed E-state index contributed by atoms with van der Waals surface area (Å²) in [5.41, 5.74) is -0.809. The average molecular weight is 521 g/mol. The van der Waals surface area contributed by atoms with Crippen molar-refractivity contribution in [2.24, 2.45) is 5.92 Å². The van der Waals surface area contributed by atoms with Crippen LogP contribution in [0.5, 0.6) is 11.5 Å². The van der Waals surface area contributed by atoms with E-state index in [1.807, 2.05) is 0 Å². The maximum Gasteiger partial charge on any atom is 0.333 e. The smallest absolute Gasteiger partial charge is 0.333 e. The highest BCUT2D eigenvalue weighted by atomic mass is 16.7. The molecule has 1 fully saturated rings. The highest BCUT2D eigenvalue weighted by molar-refractivity contribution is 5.88. The molecule has 0 radical (unpaired) electrons. The molecule has 202 valence electrons. The lowest BCUT2D eigenvalue weighted by molar-refractivity contribution is -0.278. The quantitative estimate of drug-likeness (QED) is 0.344. The number of aromatic hydroxyl groups is 1. The second-order valence-corrected chi connectivity index (χ2v) is 10.1. The van der Waals surface area contributed by atoms with Gasteiger partial charge in [-0.3, -0.25) is 4.79 Å². The Morgan fingerprint density at radius 2 is 1.86 bits per heavy atom. The SMILES string of the molecule is Cc1cc(=O)c2c(O)cc(OC3OC(COC(=O)C4=CCC(C(C)(C)O)CC4)C(O)C(O)C3O)cc2o1. The zero-order valence-corrected chi connectivity index (χ0v) is 20.8. The number of phenolic OH excluding ortho intramolecular Hbond substituents is 1. The summed E-state index contributed by atoms with van der Waals surface area (Å²) in [5, 5.41) is 51.5. The van der Waals surface area contributed by atoms with Crippen molar-refractivity contribution in [2.75, 3.05) is 6.61 Å². The number of aliphatic hydroxyl groups excluding tert-OH is 3. The van der Waals surface area contributed by atoms with Crippen molar-refractivity contribution in [2.45, 2.75) is 76.3 Å². The van der Waals surface area contributed by atoms with Crippen LogP contribution in [0.2, 0.25) is 0 Å². The number of esters is 1. The van der Waals surface area contributed by atoms with Crippen LogP contribution < -0.4 is 10.2 Å². The van der Waals surface area contributed by atoms with Crippen LogP contribution in [0, 0.1) is 12.8 Å². The molecule has 4 rings (SSSR count). The lowest BCUT2D eigenvalue weighted by Crippen LogP contribution is -2.60. The average Bonchev–Trinajstić information content (AvgIpc) is 2.82. The lowest BCUT2D eigenvalue weighted by Gasteiger charge is -2.40. The first kappa shape index (κ1) is 27.1. The summed E-state index contributed by atoms with van der Waals surface area (Å²) in [4.78, 5) is 24.7. The third-order valence-corrected chi connectivity index (χ3v) is 6.88. The number of hydrogen-bond acceptors (Lipinski definition) is 11. The zero-order chi connectivity index (χ0) is 27.1. The fourth-order valence-electron chi connectivity index (χ4n) is 4.63. The first-order chi connectivity index (χ1) is 17.3. The van der Waals surface area contributed by atoms with Crippen LogP contribution in [0.1, 0.15) is 38.9 Å². The van der Waals surface area contributed by atoms with Crippen molar-refractivity contribution in [3.8, 4) is 11.5 Å². The molecule has 11 nitrogen and oxygen atoms in total. The Labute approximate surface area is 212 Å². The van der Waals surface area contributed by atoms with E-state index in [1.54, 1.807) is 26.8 Å². The molecular weight excluding hydrogens is 488 g/mol. The number of phenols is 1. The van der Waals surface area contributed by atoms with Crippen LogP contribution in [-0.2, 0) is 14.3 Å². The summed E-state index contributed by atoms with van der Waals surface area (Å²) in [6.45, 7) is 4.60. The summed E-state index contributed by atoms with van der Waals surface area (Å²) < 4.78 is 22.0. The Kier molecular flexibility index (Phi) is 7.63. The first-order valence-corrected chi connectivity index (χ1v) is 12.1. The monoisotopic (exact) mass is 520 g/mol. The van der Waals surface area contributed by atoms with Gasteiger partial charge in [-0.15, -0.1) is 0 Å². The van der Waals surface area contributed by atoms with Crippen LogP contribution in [0.15, 0.2) is 39.1 Å². The number of benzene rings is 1. The number of carbonyl (C=O) groups is 1. The Morgan fingerprint density at radius 1 is 1.14 bits per heavy atom. The van der Waals surface area contributed by atoms with Crippen LogP contribution >= 0.6 is 0 Å². The maximum absolute atomic E-state index is 12.5. The molecule has 1 aromatic carbocycles. The molecular formula is C26H32O11. The molecule has 1 saturated heterocycles. The van der Waals surface area contributed by atoms with Crippen LogP contribution in [-0.4, -0.2) is 74.4 Å². The fraction of sp³-hybridized carbons (Fsp3) is 0.538. The number of hydrogen-bond donors (Lipinski definition) is 5. The highest BCUT2D eigenvalue weighted by Crippen LogP contribution is 2.33. The normalized spacial score (nSPS) is 28.6. The Hall–Kier alpha value is -2.96. The standard InChI is InChI=1S/C26H32O11/c1-12-8-16(27)20-17(28)9-15(10-18(20)35-12)36-25-23(31)22(30)21(29)19(37-25)11-34-24(32)13-4-6-14(7-5-13)26(2,3)33/h4,8-10,14,19,21-23,25,28-31,33H,5-7,11H2,1-3H3. The number of ether oxygens (including phenoxy) is 3. The molecule has 5 N–H and O–H groups in total. The molecule has 0 saturated carbocycles. The van der Waals surface area contributed by atoms with Gasteiger partial charge in [0, 0.05) is 23.8 Å². The van der Waals surface area contributed by atoms with Gasteiger partial charge in [-0.25, -0.2) is 4.79 Å². The topological polar surface area (TPSA) is 176 Å². The molecule has 0 bridgehead atoms. The van der Waals surface area contributed by atoms with E-state index in [9.17, 15) is 35.1 Å². The fourth-order valence-corrected chi connectivity index (χ4v) is 4.63. The minimum atomic E-state index is -1.68. The van der Waals surface area contributed by atoms with E-state index in [0.29, 0.717) is 30.6 Å². The van der Waals surface area contributed by atoms with Crippen LogP contribution in [0.25, 0.3) is 11.0 Å². The van der Waals surface area contributed by atoms with Crippen molar-refractivity contribution in [1.29, 1.82) is 0 Å². The Bertz CT molecular complexity index is 1240. The van der Waals surface area contributed by atoms with Crippen LogP contribution in [0.4, 0.5) is 0 Å². The van der Waals surface area contributed by atoms with Crippen molar-refractivity contribution in [3.05, 3.63) is 45.8 Å².